The third kappa shape index (κ3) is 3.41. The highest BCUT2D eigenvalue weighted by Gasteiger charge is 2.40. The topological polar surface area (TPSA) is 3.24 Å². The second kappa shape index (κ2) is 4.25. The Bertz CT molecular complexity index is 229. The Kier molecular flexibility index (Phi) is 3.68. The highest BCUT2D eigenvalue weighted by atomic mass is 19.3. The molecule has 0 bridgehead atoms. The molecule has 0 saturated carbocycles. The highest BCUT2D eigenvalue weighted by Crippen LogP contribution is 2.46. The minimum absolute atomic E-state index is 0.0901. The average molecular weight is 233 g/mol. The van der Waals surface area contributed by atoms with Gasteiger partial charge in [-0.2, -0.15) is 0 Å². The van der Waals surface area contributed by atoms with E-state index in [0.29, 0.717) is 0 Å². The molecule has 0 radical (unpaired) electrons. The second-order valence-electron chi connectivity index (χ2n) is 6.66. The predicted octanol–water partition coefficient (Wildman–Crippen LogP) is 3.79. The van der Waals surface area contributed by atoms with Crippen molar-refractivity contribution in [1.29, 1.82) is 0 Å². The first kappa shape index (κ1) is 13.9. The molecule has 1 fully saturated rings. The maximum Gasteiger partial charge on any atom is 0.257 e. The molecule has 1 rings (SSSR count). The van der Waals surface area contributed by atoms with Crippen molar-refractivity contribution in [3.63, 3.8) is 0 Å². The lowest BCUT2D eigenvalue weighted by molar-refractivity contribution is -0.0443. The number of rotatable bonds is 2. The van der Waals surface area contributed by atoms with Crippen LogP contribution < -0.4 is 0 Å². The monoisotopic (exact) mass is 233 g/mol. The van der Waals surface area contributed by atoms with Crippen LogP contribution in [-0.2, 0) is 0 Å². The van der Waals surface area contributed by atoms with Crippen molar-refractivity contribution in [2.75, 3.05) is 19.6 Å². The summed E-state index contributed by atoms with van der Waals surface area (Å²) in [6, 6.07) is 0. The van der Waals surface area contributed by atoms with E-state index in [1.165, 1.54) is 0 Å². The van der Waals surface area contributed by atoms with Crippen LogP contribution in [0.2, 0.25) is 0 Å². The number of hydrogen-bond donors (Lipinski definition) is 0. The van der Waals surface area contributed by atoms with Crippen molar-refractivity contribution >= 4 is 0 Å². The van der Waals surface area contributed by atoms with Crippen LogP contribution in [0, 0.1) is 10.8 Å². The zero-order chi connectivity index (χ0) is 12.6. The Morgan fingerprint density at radius 2 is 1.50 bits per heavy atom. The van der Waals surface area contributed by atoms with Gasteiger partial charge in [-0.25, -0.2) is 8.78 Å². The summed E-state index contributed by atoms with van der Waals surface area (Å²) in [6.07, 6.45) is 2.04. The number of piperidine rings is 1. The number of nitrogens with zero attached hydrogens (tertiary/aromatic N) is 1. The van der Waals surface area contributed by atoms with Crippen LogP contribution in [0.15, 0.2) is 0 Å². The molecule has 1 aliphatic rings. The summed E-state index contributed by atoms with van der Waals surface area (Å²) in [6.45, 7) is 11.5. The van der Waals surface area contributed by atoms with Crippen LogP contribution in [-0.4, -0.2) is 30.5 Å². The van der Waals surface area contributed by atoms with E-state index in [9.17, 15) is 8.78 Å². The molecule has 1 saturated heterocycles. The molecule has 96 valence electrons. The lowest BCUT2D eigenvalue weighted by Crippen LogP contribution is -2.47. The van der Waals surface area contributed by atoms with E-state index in [2.05, 4.69) is 27.7 Å². The molecule has 0 unspecified atom stereocenters. The average Bonchev–Trinajstić information content (AvgIpc) is 2.05. The summed E-state index contributed by atoms with van der Waals surface area (Å²) in [5, 5.41) is 0. The second-order valence-corrected chi connectivity index (χ2v) is 6.66. The van der Waals surface area contributed by atoms with Crippen molar-refractivity contribution < 1.29 is 8.78 Å². The summed E-state index contributed by atoms with van der Waals surface area (Å²) in [4.78, 5) is 1.90. The van der Waals surface area contributed by atoms with Gasteiger partial charge in [-0.1, -0.05) is 27.7 Å². The first-order chi connectivity index (χ1) is 7.04. The summed E-state index contributed by atoms with van der Waals surface area (Å²) in [5.41, 5.74) is 0.542. The molecule has 16 heavy (non-hydrogen) atoms. The van der Waals surface area contributed by atoms with Crippen LogP contribution in [0.5, 0.6) is 0 Å². The Morgan fingerprint density at radius 1 is 1.06 bits per heavy atom. The Labute approximate surface area is 98.2 Å². The number of alkyl halides is 2. The van der Waals surface area contributed by atoms with Crippen LogP contribution in [0.4, 0.5) is 8.78 Å². The van der Waals surface area contributed by atoms with Gasteiger partial charge in [-0.15, -0.1) is 0 Å². The third-order valence-corrected chi connectivity index (χ3v) is 4.27. The fourth-order valence-corrected chi connectivity index (χ4v) is 2.35. The normalized spacial score (nSPS) is 23.4. The number of halogens is 2. The molecule has 0 aromatic rings. The third-order valence-electron chi connectivity index (χ3n) is 4.27. The molecular weight excluding hydrogens is 208 g/mol. The van der Waals surface area contributed by atoms with Gasteiger partial charge in [-0.05, 0) is 36.8 Å². The smallest absolute Gasteiger partial charge is 0.257 e. The standard InChI is InChI=1S/C13H25F2N/c1-11(2,3)12(4)6-8-16(9-7-12)10-13(5,14)15/h6-10H2,1-5H3. The lowest BCUT2D eigenvalue weighted by atomic mass is 9.63. The van der Waals surface area contributed by atoms with Crippen LogP contribution in [0.3, 0.4) is 0 Å². The molecule has 0 spiro atoms. The molecule has 1 heterocycles. The van der Waals surface area contributed by atoms with Gasteiger partial charge in [0.2, 0.25) is 0 Å². The molecular formula is C13H25F2N. The number of hydrogen-bond acceptors (Lipinski definition) is 1. The summed E-state index contributed by atoms with van der Waals surface area (Å²) < 4.78 is 25.8. The van der Waals surface area contributed by atoms with Crippen molar-refractivity contribution in [1.82, 2.24) is 4.90 Å². The van der Waals surface area contributed by atoms with E-state index in [-0.39, 0.29) is 17.4 Å². The highest BCUT2D eigenvalue weighted by molar-refractivity contribution is 4.91. The molecule has 1 nitrogen and oxygen atoms in total. The van der Waals surface area contributed by atoms with Crippen LogP contribution in [0.1, 0.15) is 47.5 Å². The van der Waals surface area contributed by atoms with E-state index in [4.69, 9.17) is 0 Å². The fraction of sp³-hybridized carbons (Fsp3) is 1.00. The fourth-order valence-electron chi connectivity index (χ4n) is 2.35. The largest absolute Gasteiger partial charge is 0.297 e. The van der Waals surface area contributed by atoms with Gasteiger partial charge in [0.25, 0.3) is 5.92 Å². The minimum Gasteiger partial charge on any atom is -0.297 e. The van der Waals surface area contributed by atoms with Gasteiger partial charge >= 0.3 is 0 Å². The van der Waals surface area contributed by atoms with Gasteiger partial charge in [0, 0.05) is 6.92 Å². The molecule has 0 N–H and O–H groups in total. The first-order valence-electron chi connectivity index (χ1n) is 6.14. The van der Waals surface area contributed by atoms with Gasteiger partial charge in [-0.3, -0.25) is 4.90 Å². The molecule has 0 aliphatic carbocycles. The van der Waals surface area contributed by atoms with E-state index in [0.717, 1.165) is 32.9 Å². The molecule has 0 amide bonds. The van der Waals surface area contributed by atoms with Gasteiger partial charge < -0.3 is 0 Å². The zero-order valence-corrected chi connectivity index (χ0v) is 11.2. The van der Waals surface area contributed by atoms with E-state index in [1.54, 1.807) is 0 Å². The van der Waals surface area contributed by atoms with Crippen molar-refractivity contribution in [3.05, 3.63) is 0 Å². The van der Waals surface area contributed by atoms with Crippen molar-refractivity contribution in [2.24, 2.45) is 10.8 Å². The van der Waals surface area contributed by atoms with Gasteiger partial charge in [0.1, 0.15) is 0 Å². The van der Waals surface area contributed by atoms with Gasteiger partial charge in [0.05, 0.1) is 6.54 Å². The predicted molar refractivity (Wildman–Crippen MR) is 63.9 cm³/mol. The van der Waals surface area contributed by atoms with E-state index in [1.807, 2.05) is 4.90 Å². The molecule has 0 aromatic heterocycles. The van der Waals surface area contributed by atoms with Crippen molar-refractivity contribution in [3.8, 4) is 0 Å². The van der Waals surface area contributed by atoms with Crippen LogP contribution in [0.25, 0.3) is 0 Å². The summed E-state index contributed by atoms with van der Waals surface area (Å²) >= 11 is 0. The molecule has 3 heteroatoms. The Morgan fingerprint density at radius 3 is 1.81 bits per heavy atom. The zero-order valence-electron chi connectivity index (χ0n) is 11.2. The SMILES string of the molecule is CC(F)(F)CN1CCC(C)(C(C)(C)C)CC1. The minimum atomic E-state index is -2.56. The Hall–Kier alpha value is -0.180. The Balaban J connectivity index is 2.52. The molecule has 1 aliphatic heterocycles. The van der Waals surface area contributed by atoms with E-state index >= 15 is 0 Å². The molecule has 0 aromatic carbocycles. The van der Waals surface area contributed by atoms with Crippen molar-refractivity contribution in [2.45, 2.75) is 53.4 Å². The molecule has 0 atom stereocenters. The van der Waals surface area contributed by atoms with Gasteiger partial charge in [0.15, 0.2) is 0 Å². The quantitative estimate of drug-likeness (QED) is 0.701. The first-order valence-corrected chi connectivity index (χ1v) is 6.14. The summed E-state index contributed by atoms with van der Waals surface area (Å²) in [7, 11) is 0. The number of likely N-dealkylation sites (tertiary alicyclic amines) is 1. The maximum atomic E-state index is 12.9. The maximum absolute atomic E-state index is 12.9. The van der Waals surface area contributed by atoms with Crippen LogP contribution >= 0.6 is 0 Å². The lowest BCUT2D eigenvalue weighted by Gasteiger charge is -2.48. The van der Waals surface area contributed by atoms with E-state index < -0.39 is 5.92 Å². The summed E-state index contributed by atoms with van der Waals surface area (Å²) in [5.74, 6) is -2.56.